The summed E-state index contributed by atoms with van der Waals surface area (Å²) in [7, 11) is 0. The Morgan fingerprint density at radius 3 is 2.09 bits per heavy atom. The van der Waals surface area contributed by atoms with Crippen LogP contribution in [0.5, 0.6) is 5.75 Å². The third-order valence-electron chi connectivity index (χ3n) is 10.2. The zero-order chi connectivity index (χ0) is 38.7. The molecule has 4 unspecified atom stereocenters. The quantitative estimate of drug-likeness (QED) is 0.0808. The van der Waals surface area contributed by atoms with Crippen LogP contribution in [0, 0.1) is 0 Å². The molecule has 0 bridgehead atoms. The number of nitrogens with one attached hydrogen (secondary N) is 2. The highest BCUT2D eigenvalue weighted by atomic mass is 32.1. The molecule has 0 aliphatic carbocycles. The summed E-state index contributed by atoms with van der Waals surface area (Å²) in [6, 6.07) is 17.4. The molecule has 288 valence electrons. The zero-order valence-corrected chi connectivity index (χ0v) is 33.2. The summed E-state index contributed by atoms with van der Waals surface area (Å²) in [6.07, 6.45) is 12.9. The van der Waals surface area contributed by atoms with E-state index in [-0.39, 0.29) is 23.0 Å². The van der Waals surface area contributed by atoms with E-state index >= 15 is 0 Å². The highest BCUT2D eigenvalue weighted by Gasteiger charge is 2.40. The number of ether oxygens (including phenoxy) is 1. The molecular weight excluding hydrogens is 697 g/mol. The highest BCUT2D eigenvalue weighted by Crippen LogP contribution is 2.33. The van der Waals surface area contributed by atoms with Crippen molar-refractivity contribution in [2.24, 2.45) is 0 Å². The van der Waals surface area contributed by atoms with Crippen LogP contribution >= 0.6 is 11.3 Å². The van der Waals surface area contributed by atoms with Gasteiger partial charge in [0, 0.05) is 34.3 Å². The third-order valence-corrected chi connectivity index (χ3v) is 11.7. The minimum absolute atomic E-state index is 0.110. The van der Waals surface area contributed by atoms with Crippen molar-refractivity contribution in [3.8, 4) is 28.3 Å². The van der Waals surface area contributed by atoms with Gasteiger partial charge in [-0.1, -0.05) is 110 Å². The molecule has 1 fully saturated rings. The highest BCUT2D eigenvalue weighted by molar-refractivity contribution is 7.14. The number of aromatic nitrogens is 2. The standard InChI is InChI=1S/C44H56N4O5S/c1-6-8-10-11-12-26-53-33-20-18-29(19-21-33)32-27-45-41(46-28-32)31-16-14-30(15-17-31)34(13-9-7-2)39(40(49)35-22-23-36(47-35)43(51)52)48-42(50)37-24-25-38(54-37)44(3,4)5/h14-21,24-25,27-28,34-36,39,47H,6-13,22-23,26H2,1-5H3,(H,48,50)(H,51,52). The Morgan fingerprint density at radius 2 is 1.48 bits per heavy atom. The Bertz CT molecular complexity index is 1820. The normalized spacial score (nSPS) is 16.8. The molecule has 5 rings (SSSR count). The summed E-state index contributed by atoms with van der Waals surface area (Å²) in [5.41, 5.74) is 3.56. The Labute approximate surface area is 324 Å². The molecule has 1 saturated heterocycles. The molecule has 0 spiro atoms. The first-order chi connectivity index (χ1) is 26.0. The van der Waals surface area contributed by atoms with Crippen molar-refractivity contribution in [2.75, 3.05) is 6.61 Å². The first-order valence-electron chi connectivity index (χ1n) is 19.6. The second kappa shape index (κ2) is 19.3. The summed E-state index contributed by atoms with van der Waals surface area (Å²) in [5, 5.41) is 15.7. The Kier molecular flexibility index (Phi) is 14.5. The zero-order valence-electron chi connectivity index (χ0n) is 32.4. The number of ketones is 1. The first-order valence-corrected chi connectivity index (χ1v) is 20.4. The van der Waals surface area contributed by atoms with Crippen LogP contribution in [0.25, 0.3) is 22.5 Å². The summed E-state index contributed by atoms with van der Waals surface area (Å²) in [4.78, 5) is 50.8. The van der Waals surface area contributed by atoms with Gasteiger partial charge in [0.15, 0.2) is 11.6 Å². The van der Waals surface area contributed by atoms with E-state index in [9.17, 15) is 19.5 Å². The van der Waals surface area contributed by atoms with Crippen LogP contribution in [0.15, 0.2) is 73.1 Å². The second-order valence-corrected chi connectivity index (χ2v) is 16.5. The lowest BCUT2D eigenvalue weighted by atomic mass is 9.82. The Morgan fingerprint density at radius 1 is 0.833 bits per heavy atom. The van der Waals surface area contributed by atoms with Crippen LogP contribution < -0.4 is 15.4 Å². The molecule has 0 saturated carbocycles. The average molecular weight is 753 g/mol. The van der Waals surface area contributed by atoms with Gasteiger partial charge in [0.2, 0.25) is 0 Å². The van der Waals surface area contributed by atoms with Gasteiger partial charge in [-0.3, -0.25) is 19.7 Å². The molecule has 1 amide bonds. The molecule has 10 heteroatoms. The van der Waals surface area contributed by atoms with E-state index in [2.05, 4.69) is 55.2 Å². The van der Waals surface area contributed by atoms with E-state index in [1.54, 1.807) is 0 Å². The van der Waals surface area contributed by atoms with E-state index in [0.717, 1.165) is 58.7 Å². The number of amides is 1. The van der Waals surface area contributed by atoms with Gasteiger partial charge in [0.05, 0.1) is 23.6 Å². The molecule has 0 radical (unpaired) electrons. The van der Waals surface area contributed by atoms with Crippen LogP contribution in [0.2, 0.25) is 0 Å². The molecule has 2 aromatic carbocycles. The summed E-state index contributed by atoms with van der Waals surface area (Å²) < 4.78 is 5.92. The minimum atomic E-state index is -0.973. The molecule has 4 atom stereocenters. The van der Waals surface area contributed by atoms with Gasteiger partial charge in [-0.15, -0.1) is 11.3 Å². The lowest BCUT2D eigenvalue weighted by Gasteiger charge is -2.30. The Hall–Kier alpha value is -4.41. The fourth-order valence-electron chi connectivity index (χ4n) is 6.92. The van der Waals surface area contributed by atoms with Gasteiger partial charge in [-0.2, -0.15) is 0 Å². The molecule has 1 aliphatic heterocycles. The number of thiophene rings is 1. The molecule has 2 aromatic heterocycles. The fraction of sp³-hybridized carbons (Fsp3) is 0.477. The maximum absolute atomic E-state index is 14.3. The van der Waals surface area contributed by atoms with E-state index in [1.165, 1.54) is 37.0 Å². The van der Waals surface area contributed by atoms with Crippen LogP contribution in [0.3, 0.4) is 0 Å². The molecule has 9 nitrogen and oxygen atoms in total. The fourth-order valence-corrected chi connectivity index (χ4v) is 7.89. The van der Waals surface area contributed by atoms with Crippen molar-refractivity contribution in [3.63, 3.8) is 0 Å². The lowest BCUT2D eigenvalue weighted by molar-refractivity contribution is -0.139. The van der Waals surface area contributed by atoms with Crippen LogP contribution in [0.1, 0.15) is 125 Å². The minimum Gasteiger partial charge on any atom is -0.494 e. The number of carbonyl (C=O) groups excluding carboxylic acids is 2. The summed E-state index contributed by atoms with van der Waals surface area (Å²) >= 11 is 1.43. The number of carboxylic acids is 1. The van der Waals surface area contributed by atoms with Gasteiger partial charge < -0.3 is 15.2 Å². The van der Waals surface area contributed by atoms with Crippen LogP contribution in [-0.2, 0) is 15.0 Å². The SMILES string of the molecule is CCCCCCCOc1ccc(-c2cnc(-c3ccc(C(CCCC)C(NC(=O)c4ccc(C(C)(C)C)s4)C(=O)C4CCC(C(=O)O)N4)cc3)nc2)cc1. The van der Waals surface area contributed by atoms with E-state index in [0.29, 0.717) is 30.0 Å². The molecule has 3 heterocycles. The van der Waals surface area contributed by atoms with Gasteiger partial charge in [0.1, 0.15) is 11.8 Å². The monoisotopic (exact) mass is 752 g/mol. The number of benzene rings is 2. The van der Waals surface area contributed by atoms with Gasteiger partial charge in [0.25, 0.3) is 5.91 Å². The molecular formula is C44H56N4O5S. The molecule has 1 aliphatic rings. The van der Waals surface area contributed by atoms with Crippen molar-refractivity contribution in [1.82, 2.24) is 20.6 Å². The topological polar surface area (TPSA) is 131 Å². The van der Waals surface area contributed by atoms with Crippen molar-refractivity contribution in [2.45, 2.75) is 128 Å². The number of hydrogen-bond acceptors (Lipinski definition) is 8. The predicted molar refractivity (Wildman–Crippen MR) is 216 cm³/mol. The number of Topliss-reactive ketones (excluding diaryl/α,β-unsaturated/α-hetero) is 1. The number of aliphatic carboxylic acids is 1. The number of carboxylic acid groups (broad SMARTS) is 1. The van der Waals surface area contributed by atoms with E-state index < -0.39 is 24.1 Å². The number of hydrogen-bond donors (Lipinski definition) is 3. The van der Waals surface area contributed by atoms with Crippen molar-refractivity contribution in [1.29, 1.82) is 0 Å². The van der Waals surface area contributed by atoms with Crippen LogP contribution in [0.4, 0.5) is 0 Å². The van der Waals surface area contributed by atoms with E-state index in [1.807, 2.05) is 73.1 Å². The largest absolute Gasteiger partial charge is 0.494 e. The maximum atomic E-state index is 14.3. The Balaban J connectivity index is 1.33. The smallest absolute Gasteiger partial charge is 0.320 e. The van der Waals surface area contributed by atoms with Crippen LogP contribution in [-0.4, -0.2) is 57.5 Å². The van der Waals surface area contributed by atoms with Crippen molar-refractivity contribution in [3.05, 3.63) is 88.4 Å². The van der Waals surface area contributed by atoms with Gasteiger partial charge >= 0.3 is 5.97 Å². The lowest BCUT2D eigenvalue weighted by Crippen LogP contribution is -2.52. The predicted octanol–water partition coefficient (Wildman–Crippen LogP) is 9.37. The molecule has 54 heavy (non-hydrogen) atoms. The second-order valence-electron chi connectivity index (χ2n) is 15.4. The van der Waals surface area contributed by atoms with Gasteiger partial charge in [-0.25, -0.2) is 9.97 Å². The number of carbonyl (C=O) groups is 3. The maximum Gasteiger partial charge on any atom is 0.320 e. The summed E-state index contributed by atoms with van der Waals surface area (Å²) in [5.74, 6) is -0.336. The van der Waals surface area contributed by atoms with E-state index in [4.69, 9.17) is 4.74 Å². The number of rotatable bonds is 19. The third kappa shape index (κ3) is 10.8. The summed E-state index contributed by atoms with van der Waals surface area (Å²) in [6.45, 7) is 11.4. The van der Waals surface area contributed by atoms with Crippen molar-refractivity contribution < 1.29 is 24.2 Å². The molecule has 3 N–H and O–H groups in total. The van der Waals surface area contributed by atoms with Crippen molar-refractivity contribution >= 4 is 29.0 Å². The van der Waals surface area contributed by atoms with Gasteiger partial charge in [-0.05, 0) is 66.5 Å². The number of nitrogens with zero attached hydrogens (tertiary/aromatic N) is 2. The number of unbranched alkanes of at least 4 members (excludes halogenated alkanes) is 5. The average Bonchev–Trinajstić information content (AvgIpc) is 3.88. The molecule has 4 aromatic rings. The first kappa shape index (κ1) is 40.8.